The fourth-order valence-corrected chi connectivity index (χ4v) is 8.59. The average molecular weight is 588 g/mol. The molecule has 0 fully saturated rings. The molecule has 0 aliphatic heterocycles. The van der Waals surface area contributed by atoms with E-state index < -0.39 is 23.2 Å². The normalized spacial score (nSPS) is 16.4. The molecule has 0 nitrogen and oxygen atoms in total. The van der Waals surface area contributed by atoms with E-state index in [9.17, 15) is 0 Å². The number of fused-ring (bicyclic) bond motifs is 2. The Morgan fingerprint density at radius 3 is 1.32 bits per heavy atom. The maximum absolute atomic E-state index is 2.44. The van der Waals surface area contributed by atoms with E-state index in [2.05, 4.69) is 134 Å². The van der Waals surface area contributed by atoms with E-state index in [0.29, 0.717) is 9.52 Å². The third-order valence-corrected chi connectivity index (χ3v) is 10.5. The molecule has 0 spiro atoms. The Morgan fingerprint density at radius 1 is 0.526 bits per heavy atom. The van der Waals surface area contributed by atoms with Gasteiger partial charge in [0.05, 0.1) is 0 Å². The maximum atomic E-state index is 2.44. The second-order valence-electron chi connectivity index (χ2n) is 9.34. The van der Waals surface area contributed by atoms with Crippen LogP contribution in [0.15, 0.2) is 133 Å². The van der Waals surface area contributed by atoms with Crippen molar-refractivity contribution in [1.29, 1.82) is 0 Å². The third-order valence-electron chi connectivity index (χ3n) is 6.25. The van der Waals surface area contributed by atoms with Gasteiger partial charge in [-0.1, -0.05) is 98.1 Å². The second-order valence-corrected chi connectivity index (χ2v) is 14.6. The predicted molar refractivity (Wildman–Crippen MR) is 168 cm³/mol. The molecule has 0 aromatic heterocycles. The molecule has 2 heteroatoms. The van der Waals surface area contributed by atoms with Crippen LogP contribution in [0.25, 0.3) is 24.3 Å². The monoisotopic (exact) mass is 586 g/mol. The van der Waals surface area contributed by atoms with Crippen molar-refractivity contribution < 1.29 is 23.2 Å². The topological polar surface area (TPSA) is 0 Å². The van der Waals surface area contributed by atoms with Gasteiger partial charge in [0.1, 0.15) is 0 Å². The van der Waals surface area contributed by atoms with Crippen LogP contribution in [0.5, 0.6) is 0 Å². The molecule has 2 unspecified atom stereocenters. The predicted octanol–water partition coefficient (Wildman–Crippen LogP) is 9.27. The van der Waals surface area contributed by atoms with E-state index in [0.717, 1.165) is 7.25 Å². The zero-order valence-corrected chi connectivity index (χ0v) is 26.2. The number of hydrogen-bond acceptors (Lipinski definition) is 0. The van der Waals surface area contributed by atoms with Crippen molar-refractivity contribution in [3.05, 3.63) is 167 Å². The van der Waals surface area contributed by atoms with Crippen LogP contribution in [0.2, 0.25) is 13.1 Å². The van der Waals surface area contributed by atoms with Crippen molar-refractivity contribution in [2.75, 3.05) is 0 Å². The summed E-state index contributed by atoms with van der Waals surface area (Å²) in [5.74, 6) is 0. The molecule has 2 aliphatic rings. The van der Waals surface area contributed by atoms with Gasteiger partial charge in [0.15, 0.2) is 0 Å². The van der Waals surface area contributed by atoms with Gasteiger partial charge < -0.3 is 0 Å². The first-order valence-electron chi connectivity index (χ1n) is 13.5. The standard InChI is InChI=1S/C16H14.2C9H7.C2H8Si.Zr/c1-3-9-15(10-4-1)13-7-8-14-16-11-5-2-6-12-16;2*1-2-5-9-7-3-6-8(9)4-1;1-3-2;/h1-14H;2*1-7H;3H2,1-2H3;. The van der Waals surface area contributed by atoms with Crippen molar-refractivity contribution in [2.24, 2.45) is 0 Å². The zero-order valence-electron chi connectivity index (χ0n) is 22.4. The summed E-state index contributed by atoms with van der Waals surface area (Å²) < 4.78 is 1.47. The van der Waals surface area contributed by atoms with Gasteiger partial charge in [-0.25, -0.2) is 0 Å². The Labute approximate surface area is 242 Å². The van der Waals surface area contributed by atoms with Gasteiger partial charge in [0.2, 0.25) is 0 Å². The first-order valence-corrected chi connectivity index (χ1v) is 19.2. The molecule has 0 saturated carbocycles. The van der Waals surface area contributed by atoms with Crippen LogP contribution in [0.1, 0.15) is 40.6 Å². The minimum Gasteiger partial charge on any atom is -0.0750 e. The van der Waals surface area contributed by atoms with Crippen LogP contribution in [-0.2, 0) is 23.2 Å². The Hall–Kier alpha value is -3.06. The van der Waals surface area contributed by atoms with Crippen LogP contribution >= 0.6 is 0 Å². The molecular weight excluding hydrogens is 552 g/mol. The summed E-state index contributed by atoms with van der Waals surface area (Å²) in [5.41, 5.74) is 8.44. The van der Waals surface area contributed by atoms with Crippen LogP contribution < -0.4 is 0 Å². The van der Waals surface area contributed by atoms with E-state index >= 15 is 0 Å². The largest absolute Gasteiger partial charge is 0.0750 e. The van der Waals surface area contributed by atoms with E-state index in [1.807, 2.05) is 36.4 Å². The molecule has 38 heavy (non-hydrogen) atoms. The molecule has 0 saturated heterocycles. The SMILES string of the molecule is C(C=Cc1ccccc1)=Cc1ccccc1.C1=C[CH]([Zr][CH]2C=Cc3ccccc32)c2ccccc21.C[SiH2]C. The second kappa shape index (κ2) is 15.4. The summed E-state index contributed by atoms with van der Waals surface area (Å²) >= 11 is -0.542. The molecular formula is C36H36SiZr. The molecule has 4 aromatic carbocycles. The minimum absolute atomic E-state index is 0.417. The Morgan fingerprint density at radius 2 is 0.895 bits per heavy atom. The zero-order chi connectivity index (χ0) is 26.4. The number of benzene rings is 4. The molecule has 0 radical (unpaired) electrons. The van der Waals surface area contributed by atoms with Gasteiger partial charge in [-0.15, -0.1) is 0 Å². The number of hydrogen-bond donors (Lipinski definition) is 0. The fraction of sp³-hybridized carbons (Fsp3) is 0.111. The van der Waals surface area contributed by atoms with Crippen LogP contribution in [0, 0.1) is 0 Å². The third kappa shape index (κ3) is 8.22. The number of rotatable bonds is 5. The maximum Gasteiger partial charge on any atom is 0.0135 e. The van der Waals surface area contributed by atoms with E-state index in [1.54, 1.807) is 11.1 Å². The van der Waals surface area contributed by atoms with Crippen LogP contribution in [0.3, 0.4) is 0 Å². The summed E-state index contributed by atoms with van der Waals surface area (Å²) in [6, 6.07) is 38.3. The van der Waals surface area contributed by atoms with E-state index in [4.69, 9.17) is 0 Å². The molecule has 0 heterocycles. The van der Waals surface area contributed by atoms with Crippen molar-refractivity contribution in [3.63, 3.8) is 0 Å². The van der Waals surface area contributed by atoms with E-state index in [-0.39, 0.29) is 0 Å². The molecule has 0 bridgehead atoms. The fourth-order valence-electron chi connectivity index (χ4n) is 4.44. The first-order chi connectivity index (χ1) is 18.8. The van der Waals surface area contributed by atoms with Gasteiger partial charge >= 0.3 is 126 Å². The molecule has 0 N–H and O–H groups in total. The average Bonchev–Trinajstić information content (AvgIpc) is 3.58. The van der Waals surface area contributed by atoms with Crippen molar-refractivity contribution >= 4 is 33.8 Å². The van der Waals surface area contributed by atoms with Gasteiger partial charge in [0.25, 0.3) is 0 Å². The Kier molecular flexibility index (Phi) is 11.3. The summed E-state index contributed by atoms with van der Waals surface area (Å²) in [5, 5.41) is 0. The summed E-state index contributed by atoms with van der Waals surface area (Å²) in [6.07, 6.45) is 17.8. The van der Waals surface area contributed by atoms with Gasteiger partial charge in [-0.2, -0.15) is 0 Å². The molecule has 2 atom stereocenters. The van der Waals surface area contributed by atoms with Crippen molar-refractivity contribution in [3.8, 4) is 0 Å². The van der Waals surface area contributed by atoms with Crippen LogP contribution in [0.4, 0.5) is 0 Å². The van der Waals surface area contributed by atoms with Gasteiger partial charge in [-0.3, -0.25) is 0 Å². The quantitative estimate of drug-likeness (QED) is 0.161. The summed E-state index contributed by atoms with van der Waals surface area (Å²) in [7, 11) is 0.417. The Bertz CT molecular complexity index is 1280. The smallest absolute Gasteiger partial charge is 0.0135 e. The van der Waals surface area contributed by atoms with Gasteiger partial charge in [-0.05, 0) is 11.1 Å². The summed E-state index contributed by atoms with van der Waals surface area (Å²) in [4.78, 5) is 0. The molecule has 188 valence electrons. The summed E-state index contributed by atoms with van der Waals surface area (Å²) in [6.45, 7) is 4.53. The van der Waals surface area contributed by atoms with E-state index in [1.165, 1.54) is 22.3 Å². The molecule has 0 amide bonds. The number of allylic oxidation sites excluding steroid dienone is 4. The van der Waals surface area contributed by atoms with Crippen molar-refractivity contribution in [2.45, 2.75) is 20.3 Å². The molecule has 2 aliphatic carbocycles. The molecule has 6 rings (SSSR count). The van der Waals surface area contributed by atoms with Gasteiger partial charge in [0, 0.05) is 9.52 Å². The minimum atomic E-state index is -0.542. The van der Waals surface area contributed by atoms with Crippen molar-refractivity contribution in [1.82, 2.24) is 0 Å². The molecule has 4 aromatic rings. The van der Waals surface area contributed by atoms with Crippen LogP contribution in [-0.4, -0.2) is 9.52 Å². The Balaban J connectivity index is 0.000000163. The first kappa shape index (κ1) is 28.0.